The molecule has 0 radical (unpaired) electrons. The fraction of sp³-hybridized carbons (Fsp3) is 0.478. The molecule has 150 valence electrons. The fourth-order valence-electron chi connectivity index (χ4n) is 4.90. The van der Waals surface area contributed by atoms with Crippen LogP contribution in [0.2, 0.25) is 0 Å². The van der Waals surface area contributed by atoms with E-state index in [2.05, 4.69) is 36.1 Å². The number of hydrogen-bond donors (Lipinski definition) is 1. The van der Waals surface area contributed by atoms with E-state index in [-0.39, 0.29) is 6.04 Å². The van der Waals surface area contributed by atoms with Gasteiger partial charge in [-0.3, -0.25) is 4.90 Å². The highest BCUT2D eigenvalue weighted by atomic mass is 16.5. The van der Waals surface area contributed by atoms with Crippen LogP contribution in [0.5, 0.6) is 17.2 Å². The fourth-order valence-corrected chi connectivity index (χ4v) is 4.90. The molecule has 28 heavy (non-hydrogen) atoms. The minimum absolute atomic E-state index is 0.118. The second-order valence-electron chi connectivity index (χ2n) is 7.90. The molecule has 0 saturated carbocycles. The molecular formula is C23H30N2O3. The Morgan fingerprint density at radius 2 is 1.71 bits per heavy atom. The van der Waals surface area contributed by atoms with Gasteiger partial charge in [0.25, 0.3) is 0 Å². The van der Waals surface area contributed by atoms with E-state index >= 15 is 0 Å². The molecule has 2 aliphatic heterocycles. The summed E-state index contributed by atoms with van der Waals surface area (Å²) in [5.74, 6) is 2.84. The summed E-state index contributed by atoms with van der Waals surface area (Å²) < 4.78 is 16.4. The molecule has 5 nitrogen and oxygen atoms in total. The van der Waals surface area contributed by atoms with E-state index in [9.17, 15) is 0 Å². The van der Waals surface area contributed by atoms with Gasteiger partial charge < -0.3 is 19.9 Å². The third-order valence-electron chi connectivity index (χ3n) is 6.43. The molecule has 2 aromatic carbocycles. The number of fused-ring (bicyclic) bond motifs is 3. The molecule has 0 spiro atoms. The van der Waals surface area contributed by atoms with E-state index in [0.29, 0.717) is 12.0 Å². The highest BCUT2D eigenvalue weighted by Gasteiger charge is 2.39. The van der Waals surface area contributed by atoms with Crippen molar-refractivity contribution in [3.05, 3.63) is 52.6 Å². The van der Waals surface area contributed by atoms with E-state index in [1.54, 1.807) is 21.3 Å². The quantitative estimate of drug-likeness (QED) is 0.878. The number of nitrogens with zero attached hydrogens (tertiary/aromatic N) is 1. The second kappa shape index (κ2) is 7.64. The summed E-state index contributed by atoms with van der Waals surface area (Å²) in [7, 11) is 5.09. The van der Waals surface area contributed by atoms with Crippen LogP contribution in [0.4, 0.5) is 0 Å². The lowest BCUT2D eigenvalue weighted by Gasteiger charge is -2.46. The van der Waals surface area contributed by atoms with Gasteiger partial charge in [0, 0.05) is 31.1 Å². The minimum Gasteiger partial charge on any atom is -0.497 e. The molecule has 2 aromatic rings. The Morgan fingerprint density at radius 3 is 2.39 bits per heavy atom. The standard InChI is InChI=1S/C23H30N2O3/c1-14-9-16(26-2)5-6-17(14)19-13-25-8-7-15-10-22(27-3)23(28-4)11-18(15)21(25)12-20(19)24/h5-6,9-11,19-21H,7-8,12-13,24H2,1-4H3. The molecule has 1 fully saturated rings. The van der Waals surface area contributed by atoms with Crippen molar-refractivity contribution < 1.29 is 14.2 Å². The maximum atomic E-state index is 6.73. The van der Waals surface area contributed by atoms with Crippen LogP contribution in [-0.4, -0.2) is 45.4 Å². The van der Waals surface area contributed by atoms with Crippen molar-refractivity contribution in [1.29, 1.82) is 0 Å². The van der Waals surface area contributed by atoms with Crippen LogP contribution in [0.3, 0.4) is 0 Å². The van der Waals surface area contributed by atoms with Crippen molar-refractivity contribution in [2.45, 2.75) is 37.8 Å². The van der Waals surface area contributed by atoms with Crippen LogP contribution >= 0.6 is 0 Å². The number of rotatable bonds is 4. The Bertz CT molecular complexity index is 867. The van der Waals surface area contributed by atoms with Gasteiger partial charge in [0.2, 0.25) is 0 Å². The highest BCUT2D eigenvalue weighted by Crippen LogP contribution is 2.44. The molecule has 0 bridgehead atoms. The van der Waals surface area contributed by atoms with Gasteiger partial charge >= 0.3 is 0 Å². The lowest BCUT2D eigenvalue weighted by Crippen LogP contribution is -2.49. The van der Waals surface area contributed by atoms with Crippen molar-refractivity contribution >= 4 is 0 Å². The van der Waals surface area contributed by atoms with Crippen molar-refractivity contribution in [2.24, 2.45) is 5.73 Å². The summed E-state index contributed by atoms with van der Waals surface area (Å²) in [6.45, 7) is 4.18. The van der Waals surface area contributed by atoms with Crippen molar-refractivity contribution in [1.82, 2.24) is 4.90 Å². The van der Waals surface area contributed by atoms with Gasteiger partial charge in [-0.2, -0.15) is 0 Å². The first-order valence-electron chi connectivity index (χ1n) is 9.94. The number of benzene rings is 2. The number of nitrogens with two attached hydrogens (primary N) is 1. The zero-order chi connectivity index (χ0) is 19.8. The van der Waals surface area contributed by atoms with Crippen LogP contribution in [0.1, 0.15) is 40.6 Å². The van der Waals surface area contributed by atoms with Crippen LogP contribution in [0.15, 0.2) is 30.3 Å². The lowest BCUT2D eigenvalue weighted by molar-refractivity contribution is 0.109. The molecule has 2 N–H and O–H groups in total. The molecule has 0 aromatic heterocycles. The number of ether oxygens (including phenoxy) is 3. The summed E-state index contributed by atoms with van der Waals surface area (Å²) in [6.07, 6.45) is 1.97. The maximum absolute atomic E-state index is 6.73. The van der Waals surface area contributed by atoms with Crippen LogP contribution in [0, 0.1) is 6.92 Å². The zero-order valence-electron chi connectivity index (χ0n) is 17.2. The maximum Gasteiger partial charge on any atom is 0.161 e. The average Bonchev–Trinajstić information content (AvgIpc) is 2.72. The first-order valence-corrected chi connectivity index (χ1v) is 9.94. The summed E-state index contributed by atoms with van der Waals surface area (Å²) >= 11 is 0. The van der Waals surface area contributed by atoms with Gasteiger partial charge in [0.1, 0.15) is 5.75 Å². The molecule has 1 saturated heterocycles. The van der Waals surface area contributed by atoms with Gasteiger partial charge in [-0.05, 0) is 66.3 Å². The first-order chi connectivity index (χ1) is 13.5. The number of piperidine rings is 1. The monoisotopic (exact) mass is 382 g/mol. The number of hydrogen-bond acceptors (Lipinski definition) is 5. The van der Waals surface area contributed by atoms with Gasteiger partial charge in [0.15, 0.2) is 11.5 Å². The molecule has 0 aliphatic carbocycles. The summed E-state index contributed by atoms with van der Waals surface area (Å²) in [6, 6.07) is 11.1. The summed E-state index contributed by atoms with van der Waals surface area (Å²) in [4.78, 5) is 2.59. The van der Waals surface area contributed by atoms with E-state index < -0.39 is 0 Å². The highest BCUT2D eigenvalue weighted by molar-refractivity contribution is 5.50. The topological polar surface area (TPSA) is 57.0 Å². The lowest BCUT2D eigenvalue weighted by atomic mass is 9.77. The van der Waals surface area contributed by atoms with Gasteiger partial charge in [0.05, 0.1) is 21.3 Å². The van der Waals surface area contributed by atoms with Crippen LogP contribution < -0.4 is 19.9 Å². The normalized spacial score (nSPS) is 24.2. The van der Waals surface area contributed by atoms with Crippen molar-refractivity contribution in [2.75, 3.05) is 34.4 Å². The minimum atomic E-state index is 0.118. The summed E-state index contributed by atoms with van der Waals surface area (Å²) in [5.41, 5.74) is 12.0. The Kier molecular flexibility index (Phi) is 5.21. The Balaban J connectivity index is 1.63. The average molecular weight is 383 g/mol. The molecule has 2 aliphatic rings. The second-order valence-corrected chi connectivity index (χ2v) is 7.90. The Hall–Kier alpha value is -2.24. The Morgan fingerprint density at radius 1 is 0.964 bits per heavy atom. The zero-order valence-corrected chi connectivity index (χ0v) is 17.2. The van der Waals surface area contributed by atoms with Crippen molar-refractivity contribution in [3.63, 3.8) is 0 Å². The van der Waals surface area contributed by atoms with Gasteiger partial charge in [-0.15, -0.1) is 0 Å². The largest absolute Gasteiger partial charge is 0.497 e. The number of aryl methyl sites for hydroxylation is 1. The smallest absolute Gasteiger partial charge is 0.161 e. The Labute approximate surface area is 167 Å². The third kappa shape index (κ3) is 3.23. The molecule has 2 heterocycles. The van der Waals surface area contributed by atoms with Crippen molar-refractivity contribution in [3.8, 4) is 17.2 Å². The molecule has 3 atom stereocenters. The predicted octanol–water partition coefficient (Wildman–Crippen LogP) is 3.43. The molecular weight excluding hydrogens is 352 g/mol. The van der Waals surface area contributed by atoms with E-state index in [0.717, 1.165) is 43.2 Å². The predicted molar refractivity (Wildman–Crippen MR) is 111 cm³/mol. The van der Waals surface area contributed by atoms with E-state index in [1.807, 2.05) is 6.07 Å². The molecule has 0 amide bonds. The van der Waals surface area contributed by atoms with Crippen LogP contribution in [0.25, 0.3) is 0 Å². The third-order valence-corrected chi connectivity index (χ3v) is 6.43. The van der Waals surface area contributed by atoms with Gasteiger partial charge in [-0.25, -0.2) is 0 Å². The SMILES string of the molecule is COc1ccc(C2CN3CCc4cc(OC)c(OC)cc4C3CC2N)c(C)c1. The van der Waals surface area contributed by atoms with E-state index in [4.69, 9.17) is 19.9 Å². The molecule has 3 unspecified atom stereocenters. The molecule has 4 rings (SSSR count). The summed E-state index contributed by atoms with van der Waals surface area (Å²) in [5, 5.41) is 0. The van der Waals surface area contributed by atoms with Crippen LogP contribution in [-0.2, 0) is 6.42 Å². The van der Waals surface area contributed by atoms with E-state index in [1.165, 1.54) is 22.3 Å². The van der Waals surface area contributed by atoms with Gasteiger partial charge in [-0.1, -0.05) is 6.07 Å². The molecule has 5 heteroatoms. The first kappa shape index (κ1) is 19.1. The number of methoxy groups -OCH3 is 3.